The molecule has 0 spiro atoms. The van der Waals surface area contributed by atoms with Gasteiger partial charge in [0.15, 0.2) is 0 Å². The zero-order valence-electron chi connectivity index (χ0n) is 10.4. The first kappa shape index (κ1) is 14.5. The highest BCUT2D eigenvalue weighted by atomic mass is 32.2. The van der Waals surface area contributed by atoms with Crippen molar-refractivity contribution < 1.29 is 13.2 Å². The predicted octanol–water partition coefficient (Wildman–Crippen LogP) is 2.56. The molecule has 1 N–H and O–H groups in total. The van der Waals surface area contributed by atoms with E-state index in [9.17, 15) is 13.2 Å². The lowest BCUT2D eigenvalue weighted by Crippen LogP contribution is -2.36. The number of nitrogens with zero attached hydrogens (tertiary/aromatic N) is 2. The van der Waals surface area contributed by atoms with Gasteiger partial charge in [-0.15, -0.1) is 0 Å². The van der Waals surface area contributed by atoms with Gasteiger partial charge in [-0.3, -0.25) is 4.90 Å². The van der Waals surface area contributed by atoms with Crippen LogP contribution in [0.4, 0.5) is 19.0 Å². The summed E-state index contributed by atoms with van der Waals surface area (Å²) < 4.78 is 37.5. The highest BCUT2D eigenvalue weighted by Crippen LogP contribution is 2.29. The Kier molecular flexibility index (Phi) is 4.93. The smallest absolute Gasteiger partial charge is 0.369 e. The number of anilines is 1. The van der Waals surface area contributed by atoms with Gasteiger partial charge >= 0.3 is 6.18 Å². The monoisotopic (exact) mass is 291 g/mol. The number of rotatable bonds is 4. The molecule has 1 aliphatic rings. The number of pyridine rings is 1. The highest BCUT2D eigenvalue weighted by Gasteiger charge is 2.30. The molecule has 0 aliphatic carbocycles. The second kappa shape index (κ2) is 6.47. The third-order valence-corrected chi connectivity index (χ3v) is 3.87. The van der Waals surface area contributed by atoms with Gasteiger partial charge in [0.2, 0.25) is 0 Å². The molecule has 7 heteroatoms. The molecule has 3 nitrogen and oxygen atoms in total. The molecule has 2 heterocycles. The van der Waals surface area contributed by atoms with Crippen LogP contribution in [0.3, 0.4) is 0 Å². The zero-order valence-corrected chi connectivity index (χ0v) is 11.2. The Morgan fingerprint density at radius 1 is 1.32 bits per heavy atom. The molecule has 0 saturated carbocycles. The average molecular weight is 291 g/mol. The minimum atomic E-state index is -4.32. The first-order valence-corrected chi connectivity index (χ1v) is 7.28. The zero-order chi connectivity index (χ0) is 13.7. The van der Waals surface area contributed by atoms with E-state index in [-0.39, 0.29) is 5.82 Å². The largest absolute Gasteiger partial charge is 0.416 e. The number of alkyl halides is 3. The standard InChI is InChI=1S/C12H16F3N3S/c13-12(14,15)10-1-2-16-11(9-10)17-3-4-18-5-7-19-8-6-18/h1-2,9H,3-8H2,(H,16,17). The minimum Gasteiger partial charge on any atom is -0.369 e. The molecule has 0 aromatic carbocycles. The van der Waals surface area contributed by atoms with E-state index in [1.165, 1.54) is 6.20 Å². The number of hydrogen-bond donors (Lipinski definition) is 1. The van der Waals surface area contributed by atoms with Crippen molar-refractivity contribution in [2.45, 2.75) is 6.18 Å². The summed E-state index contributed by atoms with van der Waals surface area (Å²) in [4.78, 5) is 6.20. The maximum absolute atomic E-state index is 12.5. The fourth-order valence-corrected chi connectivity index (χ4v) is 2.85. The maximum atomic E-state index is 12.5. The molecule has 0 unspecified atom stereocenters. The van der Waals surface area contributed by atoms with Crippen LogP contribution < -0.4 is 5.32 Å². The van der Waals surface area contributed by atoms with Crippen LogP contribution in [0.5, 0.6) is 0 Å². The van der Waals surface area contributed by atoms with Gasteiger partial charge in [0, 0.05) is 43.9 Å². The fourth-order valence-electron chi connectivity index (χ4n) is 1.87. The van der Waals surface area contributed by atoms with E-state index in [1.807, 2.05) is 11.8 Å². The highest BCUT2D eigenvalue weighted by molar-refractivity contribution is 7.99. The Morgan fingerprint density at radius 3 is 2.74 bits per heavy atom. The summed E-state index contributed by atoms with van der Waals surface area (Å²) in [6, 6.07) is 2.03. The molecule has 0 atom stereocenters. The molecule has 1 aromatic heterocycles. The Morgan fingerprint density at radius 2 is 2.05 bits per heavy atom. The molecule has 0 radical (unpaired) electrons. The van der Waals surface area contributed by atoms with E-state index in [0.29, 0.717) is 6.54 Å². The molecule has 1 aromatic rings. The molecule has 19 heavy (non-hydrogen) atoms. The summed E-state index contributed by atoms with van der Waals surface area (Å²) in [5, 5.41) is 2.94. The Hall–Kier alpha value is -0.950. The first-order chi connectivity index (χ1) is 9.05. The van der Waals surface area contributed by atoms with Gasteiger partial charge in [-0.2, -0.15) is 24.9 Å². The van der Waals surface area contributed by atoms with Crippen LogP contribution in [0.25, 0.3) is 0 Å². The number of thioether (sulfide) groups is 1. The summed E-state index contributed by atoms with van der Waals surface area (Å²) >= 11 is 1.93. The Balaban J connectivity index is 1.82. The van der Waals surface area contributed by atoms with Gasteiger partial charge in [-0.25, -0.2) is 4.98 Å². The van der Waals surface area contributed by atoms with Crippen LogP contribution in [0, 0.1) is 0 Å². The lowest BCUT2D eigenvalue weighted by Gasteiger charge is -2.26. The normalized spacial score (nSPS) is 17.4. The molecule has 1 aliphatic heterocycles. The van der Waals surface area contributed by atoms with E-state index >= 15 is 0 Å². The molecule has 0 bridgehead atoms. The van der Waals surface area contributed by atoms with Crippen molar-refractivity contribution in [3.63, 3.8) is 0 Å². The topological polar surface area (TPSA) is 28.2 Å². The van der Waals surface area contributed by atoms with Gasteiger partial charge in [-0.1, -0.05) is 0 Å². The van der Waals surface area contributed by atoms with E-state index in [1.54, 1.807) is 0 Å². The Labute approximate surface area is 114 Å². The number of halogens is 3. The van der Waals surface area contributed by atoms with Crippen LogP contribution in [0.15, 0.2) is 18.3 Å². The van der Waals surface area contributed by atoms with Crippen LogP contribution in [0.2, 0.25) is 0 Å². The van der Waals surface area contributed by atoms with Crippen molar-refractivity contribution in [1.29, 1.82) is 0 Å². The van der Waals surface area contributed by atoms with Gasteiger partial charge < -0.3 is 5.32 Å². The van der Waals surface area contributed by atoms with E-state index < -0.39 is 11.7 Å². The fraction of sp³-hybridized carbons (Fsp3) is 0.583. The maximum Gasteiger partial charge on any atom is 0.416 e. The predicted molar refractivity (Wildman–Crippen MR) is 71.5 cm³/mol. The second-order valence-electron chi connectivity index (χ2n) is 4.31. The summed E-state index contributed by atoms with van der Waals surface area (Å²) in [6.45, 7) is 3.53. The first-order valence-electron chi connectivity index (χ1n) is 6.13. The summed E-state index contributed by atoms with van der Waals surface area (Å²) in [5.41, 5.74) is -0.667. The van der Waals surface area contributed by atoms with E-state index in [2.05, 4.69) is 15.2 Å². The lowest BCUT2D eigenvalue weighted by molar-refractivity contribution is -0.137. The molecule has 2 rings (SSSR count). The molecule has 1 fully saturated rings. The van der Waals surface area contributed by atoms with Crippen LogP contribution in [0.1, 0.15) is 5.56 Å². The second-order valence-corrected chi connectivity index (χ2v) is 5.53. The van der Waals surface area contributed by atoms with Gasteiger partial charge in [0.25, 0.3) is 0 Å². The molecule has 106 valence electrons. The average Bonchev–Trinajstić information content (AvgIpc) is 2.39. The minimum absolute atomic E-state index is 0.279. The van der Waals surface area contributed by atoms with Crippen molar-refractivity contribution in [2.24, 2.45) is 0 Å². The molecular weight excluding hydrogens is 275 g/mol. The van der Waals surface area contributed by atoms with Crippen LogP contribution in [-0.4, -0.2) is 47.6 Å². The third kappa shape index (κ3) is 4.58. The van der Waals surface area contributed by atoms with E-state index in [4.69, 9.17) is 0 Å². The molecular formula is C12H16F3N3S. The van der Waals surface area contributed by atoms with Crippen molar-refractivity contribution in [3.05, 3.63) is 23.9 Å². The summed E-state index contributed by atoms with van der Waals surface area (Å²) in [6.07, 6.45) is -3.13. The quantitative estimate of drug-likeness (QED) is 0.923. The summed E-state index contributed by atoms with van der Waals surface area (Å²) in [5.74, 6) is 2.53. The van der Waals surface area contributed by atoms with Crippen LogP contribution >= 0.6 is 11.8 Å². The SMILES string of the molecule is FC(F)(F)c1ccnc(NCCN2CCSCC2)c1. The molecule has 0 amide bonds. The third-order valence-electron chi connectivity index (χ3n) is 2.93. The number of nitrogens with one attached hydrogen (secondary N) is 1. The van der Waals surface area contributed by atoms with Crippen molar-refractivity contribution in [1.82, 2.24) is 9.88 Å². The molecule has 1 saturated heterocycles. The van der Waals surface area contributed by atoms with Gasteiger partial charge in [-0.05, 0) is 12.1 Å². The van der Waals surface area contributed by atoms with Crippen molar-refractivity contribution in [3.8, 4) is 0 Å². The number of hydrogen-bond acceptors (Lipinski definition) is 4. The van der Waals surface area contributed by atoms with E-state index in [0.717, 1.165) is 43.3 Å². The van der Waals surface area contributed by atoms with Gasteiger partial charge in [0.05, 0.1) is 5.56 Å². The summed E-state index contributed by atoms with van der Waals surface area (Å²) in [7, 11) is 0. The Bertz CT molecular complexity index is 405. The van der Waals surface area contributed by atoms with Crippen LogP contribution in [-0.2, 0) is 6.18 Å². The van der Waals surface area contributed by atoms with Gasteiger partial charge in [0.1, 0.15) is 5.82 Å². The van der Waals surface area contributed by atoms with Crippen molar-refractivity contribution in [2.75, 3.05) is 43.0 Å². The lowest BCUT2D eigenvalue weighted by atomic mass is 10.2. The van der Waals surface area contributed by atoms with Crippen molar-refractivity contribution >= 4 is 17.6 Å². The number of aromatic nitrogens is 1.